The van der Waals surface area contributed by atoms with Gasteiger partial charge in [-0.1, -0.05) is 5.92 Å². The molecule has 0 saturated carbocycles. The summed E-state index contributed by atoms with van der Waals surface area (Å²) in [6.45, 7) is 0. The lowest BCUT2D eigenvalue weighted by Crippen LogP contribution is -1.91. The van der Waals surface area contributed by atoms with Gasteiger partial charge in [0.05, 0.1) is 17.8 Å². The van der Waals surface area contributed by atoms with Gasteiger partial charge in [0.2, 0.25) is 0 Å². The lowest BCUT2D eigenvalue weighted by molar-refractivity contribution is 0.412. The summed E-state index contributed by atoms with van der Waals surface area (Å²) in [5, 5.41) is 0. The molecule has 0 aliphatic rings. The fourth-order valence-corrected chi connectivity index (χ4v) is 1.73. The van der Waals surface area contributed by atoms with E-state index in [0.717, 1.165) is 21.6 Å². The first-order chi connectivity index (χ1) is 6.76. The molecule has 2 rings (SSSR count). The highest BCUT2D eigenvalue weighted by atomic mass is 79.9. The minimum Gasteiger partial charge on any atom is -0.495 e. The van der Waals surface area contributed by atoms with Gasteiger partial charge in [-0.2, -0.15) is 0 Å². The smallest absolute Gasteiger partial charge is 0.141 e. The molecule has 4 heteroatoms. The van der Waals surface area contributed by atoms with E-state index in [1.54, 1.807) is 13.3 Å². The SMILES string of the molecule is C#Cc1cnc2cc(OC)c(Br)cn12. The Morgan fingerprint density at radius 1 is 1.64 bits per heavy atom. The molecule has 0 amide bonds. The van der Waals surface area contributed by atoms with Crippen molar-refractivity contribution >= 4 is 21.6 Å². The Balaban J connectivity index is 2.77. The van der Waals surface area contributed by atoms with E-state index < -0.39 is 0 Å². The Labute approximate surface area is 89.8 Å². The van der Waals surface area contributed by atoms with Gasteiger partial charge < -0.3 is 4.74 Å². The summed E-state index contributed by atoms with van der Waals surface area (Å²) in [6, 6.07) is 1.82. The van der Waals surface area contributed by atoms with Crippen LogP contribution in [0.1, 0.15) is 5.69 Å². The molecule has 0 atom stereocenters. The van der Waals surface area contributed by atoms with Crippen LogP contribution >= 0.6 is 15.9 Å². The van der Waals surface area contributed by atoms with E-state index in [1.165, 1.54) is 0 Å². The number of pyridine rings is 1. The van der Waals surface area contributed by atoms with E-state index in [4.69, 9.17) is 11.2 Å². The van der Waals surface area contributed by atoms with Gasteiger partial charge in [-0.05, 0) is 15.9 Å². The van der Waals surface area contributed by atoms with Crippen molar-refractivity contribution in [1.82, 2.24) is 9.38 Å². The Morgan fingerprint density at radius 2 is 2.43 bits per heavy atom. The fraction of sp³-hybridized carbons (Fsp3) is 0.100. The Bertz CT molecular complexity index is 525. The molecule has 0 bridgehead atoms. The predicted molar refractivity (Wildman–Crippen MR) is 57.4 cm³/mol. The molecule has 0 aliphatic carbocycles. The van der Waals surface area contributed by atoms with Crippen LogP contribution in [-0.4, -0.2) is 16.5 Å². The molecule has 2 aromatic rings. The second-order valence-electron chi connectivity index (χ2n) is 2.71. The van der Waals surface area contributed by atoms with Gasteiger partial charge in [0.1, 0.15) is 17.1 Å². The average molecular weight is 251 g/mol. The molecule has 0 aromatic carbocycles. The molecule has 0 radical (unpaired) electrons. The number of rotatable bonds is 1. The third-order valence-corrected chi connectivity index (χ3v) is 2.53. The number of methoxy groups -OCH3 is 1. The summed E-state index contributed by atoms with van der Waals surface area (Å²) in [7, 11) is 1.61. The highest BCUT2D eigenvalue weighted by molar-refractivity contribution is 9.10. The van der Waals surface area contributed by atoms with Gasteiger partial charge in [0, 0.05) is 12.3 Å². The van der Waals surface area contributed by atoms with Crippen molar-refractivity contribution in [2.75, 3.05) is 7.11 Å². The average Bonchev–Trinajstić information content (AvgIpc) is 2.58. The second kappa shape index (κ2) is 3.35. The molecule has 3 nitrogen and oxygen atoms in total. The summed E-state index contributed by atoms with van der Waals surface area (Å²) in [4.78, 5) is 4.16. The number of hydrogen-bond donors (Lipinski definition) is 0. The quantitative estimate of drug-likeness (QED) is 0.725. The molecular weight excluding hydrogens is 244 g/mol. The van der Waals surface area contributed by atoms with E-state index in [2.05, 4.69) is 26.8 Å². The second-order valence-corrected chi connectivity index (χ2v) is 3.56. The first-order valence-electron chi connectivity index (χ1n) is 3.93. The zero-order chi connectivity index (χ0) is 10.1. The van der Waals surface area contributed by atoms with Crippen molar-refractivity contribution in [3.05, 3.63) is 28.6 Å². The highest BCUT2D eigenvalue weighted by Crippen LogP contribution is 2.26. The van der Waals surface area contributed by atoms with E-state index in [1.807, 2.05) is 16.7 Å². The molecular formula is C10H7BrN2O. The van der Waals surface area contributed by atoms with Crippen molar-refractivity contribution in [2.45, 2.75) is 0 Å². The number of ether oxygens (including phenoxy) is 1. The van der Waals surface area contributed by atoms with Crippen LogP contribution in [0.5, 0.6) is 5.75 Å². The maximum atomic E-state index is 5.32. The lowest BCUT2D eigenvalue weighted by Gasteiger charge is -2.03. The number of halogens is 1. The highest BCUT2D eigenvalue weighted by Gasteiger charge is 2.06. The van der Waals surface area contributed by atoms with Crippen molar-refractivity contribution < 1.29 is 4.74 Å². The molecule has 0 spiro atoms. The summed E-state index contributed by atoms with van der Waals surface area (Å²) in [6.07, 6.45) is 8.82. The van der Waals surface area contributed by atoms with Crippen LogP contribution in [0, 0.1) is 12.3 Å². The third-order valence-electron chi connectivity index (χ3n) is 1.93. The van der Waals surface area contributed by atoms with Gasteiger partial charge in [0.15, 0.2) is 0 Å². The van der Waals surface area contributed by atoms with Crippen LogP contribution < -0.4 is 4.74 Å². The molecule has 0 fully saturated rings. The first kappa shape index (κ1) is 9.10. The molecule has 14 heavy (non-hydrogen) atoms. The fourth-order valence-electron chi connectivity index (χ4n) is 1.24. The number of nitrogens with zero attached hydrogens (tertiary/aromatic N) is 2. The Hall–Kier alpha value is -1.47. The van der Waals surface area contributed by atoms with Crippen molar-refractivity contribution in [3.63, 3.8) is 0 Å². The lowest BCUT2D eigenvalue weighted by atomic mass is 10.4. The van der Waals surface area contributed by atoms with Crippen LogP contribution in [-0.2, 0) is 0 Å². The molecule has 70 valence electrons. The number of terminal acetylenes is 1. The van der Waals surface area contributed by atoms with Crippen LogP contribution in [0.25, 0.3) is 5.65 Å². The van der Waals surface area contributed by atoms with E-state index in [0.29, 0.717) is 0 Å². The zero-order valence-corrected chi connectivity index (χ0v) is 9.08. The van der Waals surface area contributed by atoms with Gasteiger partial charge in [-0.15, -0.1) is 6.42 Å². The molecule has 2 heterocycles. The van der Waals surface area contributed by atoms with Crippen LogP contribution in [0.15, 0.2) is 22.9 Å². The van der Waals surface area contributed by atoms with E-state index in [9.17, 15) is 0 Å². The maximum Gasteiger partial charge on any atom is 0.141 e. The molecule has 0 N–H and O–H groups in total. The van der Waals surface area contributed by atoms with E-state index in [-0.39, 0.29) is 0 Å². The standard InChI is InChI=1S/C10H7BrN2O/c1-3-7-5-12-10-4-9(14-2)8(11)6-13(7)10/h1,4-6H,2H3. The third kappa shape index (κ3) is 1.26. The van der Waals surface area contributed by atoms with Gasteiger partial charge in [-0.3, -0.25) is 4.40 Å². The van der Waals surface area contributed by atoms with Crippen molar-refractivity contribution in [1.29, 1.82) is 0 Å². The minimum atomic E-state index is 0.725. The van der Waals surface area contributed by atoms with Crippen molar-refractivity contribution in [3.8, 4) is 18.1 Å². The number of aromatic nitrogens is 2. The zero-order valence-electron chi connectivity index (χ0n) is 7.49. The summed E-state index contributed by atoms with van der Waals surface area (Å²) in [5.74, 6) is 3.30. The normalized spacial score (nSPS) is 10.1. The summed E-state index contributed by atoms with van der Waals surface area (Å²) < 4.78 is 7.82. The Kier molecular flexibility index (Phi) is 2.18. The maximum absolute atomic E-state index is 5.32. The summed E-state index contributed by atoms with van der Waals surface area (Å²) >= 11 is 3.38. The number of hydrogen-bond acceptors (Lipinski definition) is 2. The molecule has 0 aliphatic heterocycles. The van der Waals surface area contributed by atoms with Gasteiger partial charge >= 0.3 is 0 Å². The Morgan fingerprint density at radius 3 is 3.07 bits per heavy atom. The van der Waals surface area contributed by atoms with Gasteiger partial charge in [0.25, 0.3) is 0 Å². The van der Waals surface area contributed by atoms with Gasteiger partial charge in [-0.25, -0.2) is 4.98 Å². The minimum absolute atomic E-state index is 0.725. The topological polar surface area (TPSA) is 26.5 Å². The number of imidazole rings is 1. The number of fused-ring (bicyclic) bond motifs is 1. The van der Waals surface area contributed by atoms with Crippen LogP contribution in [0.3, 0.4) is 0 Å². The van der Waals surface area contributed by atoms with Crippen LogP contribution in [0.2, 0.25) is 0 Å². The molecule has 2 aromatic heterocycles. The van der Waals surface area contributed by atoms with Crippen molar-refractivity contribution in [2.24, 2.45) is 0 Å². The van der Waals surface area contributed by atoms with Crippen LogP contribution in [0.4, 0.5) is 0 Å². The summed E-state index contributed by atoms with van der Waals surface area (Å²) in [5.41, 5.74) is 1.50. The first-order valence-corrected chi connectivity index (χ1v) is 4.72. The molecule has 0 unspecified atom stereocenters. The predicted octanol–water partition coefficient (Wildman–Crippen LogP) is 2.09. The largest absolute Gasteiger partial charge is 0.495 e. The van der Waals surface area contributed by atoms with E-state index >= 15 is 0 Å². The monoisotopic (exact) mass is 250 g/mol. The molecule has 0 saturated heterocycles.